The number of carbonyl (C=O) groups excluding carboxylic acids is 1. The molecule has 0 heterocycles. The van der Waals surface area contributed by atoms with Crippen LogP contribution in [0.5, 0.6) is 0 Å². The van der Waals surface area contributed by atoms with Gasteiger partial charge in [-0.2, -0.15) is 0 Å². The minimum Gasteiger partial charge on any atom is -0.399 e. The van der Waals surface area contributed by atoms with E-state index in [1.165, 1.54) is 0 Å². The van der Waals surface area contributed by atoms with Gasteiger partial charge in [0.1, 0.15) is 0 Å². The number of nitrogens with two attached hydrogens (primary N) is 1. The minimum atomic E-state index is -0.426. The zero-order valence-electron chi connectivity index (χ0n) is 10.7. The number of rotatable bonds is 3. The molecule has 0 aliphatic heterocycles. The number of amides is 1. The van der Waals surface area contributed by atoms with E-state index in [1.54, 1.807) is 18.2 Å². The van der Waals surface area contributed by atoms with Gasteiger partial charge in [-0.05, 0) is 43.5 Å². The van der Waals surface area contributed by atoms with Gasteiger partial charge in [-0.25, -0.2) is 0 Å². The number of aliphatic hydroxyl groups is 1. The molecule has 0 aromatic heterocycles. The van der Waals surface area contributed by atoms with E-state index in [0.29, 0.717) is 11.3 Å². The van der Waals surface area contributed by atoms with Crippen molar-refractivity contribution >= 4 is 11.6 Å². The predicted octanol–water partition coefficient (Wildman–Crippen LogP) is 1.61. The molecular weight excluding hydrogens is 228 g/mol. The van der Waals surface area contributed by atoms with Crippen molar-refractivity contribution in [2.45, 2.75) is 38.1 Å². The molecule has 2 rings (SSSR count). The summed E-state index contributed by atoms with van der Waals surface area (Å²) >= 11 is 0. The van der Waals surface area contributed by atoms with Gasteiger partial charge in [-0.3, -0.25) is 4.79 Å². The Balaban J connectivity index is 2.16. The van der Waals surface area contributed by atoms with Gasteiger partial charge in [0, 0.05) is 11.3 Å². The van der Waals surface area contributed by atoms with E-state index in [0.717, 1.165) is 31.2 Å². The Labute approximate surface area is 107 Å². The van der Waals surface area contributed by atoms with Gasteiger partial charge in [0.15, 0.2) is 0 Å². The zero-order valence-corrected chi connectivity index (χ0v) is 10.7. The van der Waals surface area contributed by atoms with Gasteiger partial charge < -0.3 is 16.2 Å². The number of benzene rings is 1. The molecule has 0 spiro atoms. The van der Waals surface area contributed by atoms with Crippen LogP contribution in [-0.2, 0) is 0 Å². The van der Waals surface area contributed by atoms with Crippen molar-refractivity contribution in [3.63, 3.8) is 0 Å². The van der Waals surface area contributed by atoms with Gasteiger partial charge in [0.2, 0.25) is 0 Å². The highest BCUT2D eigenvalue weighted by Crippen LogP contribution is 2.29. The lowest BCUT2D eigenvalue weighted by molar-refractivity contribution is 0.0838. The standard InChI is InChI=1S/C14H20N2O2/c1-10-8-11(15)4-5-12(10)13(18)16-14(9-17)6-2-3-7-14/h4-5,8,17H,2-3,6-7,9,15H2,1H3,(H,16,18). The molecule has 1 aromatic rings. The van der Waals surface area contributed by atoms with Crippen LogP contribution in [0.15, 0.2) is 18.2 Å². The summed E-state index contributed by atoms with van der Waals surface area (Å²) in [6.45, 7) is 1.87. The molecule has 1 saturated carbocycles. The molecule has 0 saturated heterocycles. The number of nitrogen functional groups attached to an aromatic ring is 1. The van der Waals surface area contributed by atoms with Crippen molar-refractivity contribution in [1.82, 2.24) is 5.32 Å². The van der Waals surface area contributed by atoms with Crippen molar-refractivity contribution in [1.29, 1.82) is 0 Å². The van der Waals surface area contributed by atoms with Crippen LogP contribution in [0.25, 0.3) is 0 Å². The second-order valence-electron chi connectivity index (χ2n) is 5.17. The van der Waals surface area contributed by atoms with E-state index in [9.17, 15) is 9.90 Å². The normalized spacial score (nSPS) is 17.7. The summed E-state index contributed by atoms with van der Waals surface area (Å²) in [5, 5.41) is 12.5. The molecule has 1 aliphatic rings. The van der Waals surface area contributed by atoms with Crippen molar-refractivity contribution in [2.24, 2.45) is 0 Å². The summed E-state index contributed by atoms with van der Waals surface area (Å²) < 4.78 is 0. The van der Waals surface area contributed by atoms with Crippen LogP contribution in [0.3, 0.4) is 0 Å². The Kier molecular flexibility index (Phi) is 3.57. The molecule has 0 unspecified atom stereocenters. The first-order valence-electron chi connectivity index (χ1n) is 6.36. The van der Waals surface area contributed by atoms with Gasteiger partial charge >= 0.3 is 0 Å². The third-order valence-electron chi connectivity index (χ3n) is 3.74. The highest BCUT2D eigenvalue weighted by atomic mass is 16.3. The number of carbonyl (C=O) groups is 1. The third kappa shape index (κ3) is 2.48. The van der Waals surface area contributed by atoms with Crippen LogP contribution in [0.1, 0.15) is 41.6 Å². The number of aliphatic hydroxyl groups excluding tert-OH is 1. The summed E-state index contributed by atoms with van der Waals surface area (Å²) in [6, 6.07) is 5.25. The Bertz CT molecular complexity index is 451. The molecule has 4 N–H and O–H groups in total. The topological polar surface area (TPSA) is 75.4 Å². The van der Waals surface area contributed by atoms with Crippen molar-refractivity contribution in [3.8, 4) is 0 Å². The first kappa shape index (κ1) is 12.9. The highest BCUT2D eigenvalue weighted by molar-refractivity contribution is 5.96. The van der Waals surface area contributed by atoms with Crippen LogP contribution in [0.4, 0.5) is 5.69 Å². The lowest BCUT2D eigenvalue weighted by Gasteiger charge is -2.28. The molecule has 1 aromatic carbocycles. The number of anilines is 1. The molecule has 0 atom stereocenters. The lowest BCUT2D eigenvalue weighted by atomic mass is 9.97. The van der Waals surface area contributed by atoms with Crippen LogP contribution >= 0.6 is 0 Å². The summed E-state index contributed by atoms with van der Waals surface area (Å²) in [7, 11) is 0. The molecule has 1 aliphatic carbocycles. The average Bonchev–Trinajstić information content (AvgIpc) is 2.78. The highest BCUT2D eigenvalue weighted by Gasteiger charge is 2.34. The first-order valence-corrected chi connectivity index (χ1v) is 6.36. The fourth-order valence-corrected chi connectivity index (χ4v) is 2.62. The summed E-state index contributed by atoms with van der Waals surface area (Å²) in [6.07, 6.45) is 3.82. The molecule has 4 nitrogen and oxygen atoms in total. The number of aryl methyl sites for hydroxylation is 1. The van der Waals surface area contributed by atoms with Crippen LogP contribution in [0, 0.1) is 6.92 Å². The van der Waals surface area contributed by atoms with Crippen molar-refractivity contribution < 1.29 is 9.90 Å². The largest absolute Gasteiger partial charge is 0.399 e. The van der Waals surface area contributed by atoms with E-state index in [-0.39, 0.29) is 12.5 Å². The van der Waals surface area contributed by atoms with Gasteiger partial charge in [-0.1, -0.05) is 12.8 Å². The monoisotopic (exact) mass is 248 g/mol. The molecule has 0 radical (unpaired) electrons. The fraction of sp³-hybridized carbons (Fsp3) is 0.500. The summed E-state index contributed by atoms with van der Waals surface area (Å²) in [5.41, 5.74) is 7.39. The smallest absolute Gasteiger partial charge is 0.252 e. The minimum absolute atomic E-state index is 0.00671. The number of hydrogen-bond donors (Lipinski definition) is 3. The van der Waals surface area contributed by atoms with E-state index in [1.807, 2.05) is 6.92 Å². The maximum atomic E-state index is 12.2. The fourth-order valence-electron chi connectivity index (χ4n) is 2.62. The van der Waals surface area contributed by atoms with Crippen LogP contribution in [0.2, 0.25) is 0 Å². The van der Waals surface area contributed by atoms with Crippen molar-refractivity contribution in [3.05, 3.63) is 29.3 Å². The lowest BCUT2D eigenvalue weighted by Crippen LogP contribution is -2.49. The second kappa shape index (κ2) is 4.98. The van der Waals surface area contributed by atoms with E-state index in [2.05, 4.69) is 5.32 Å². The second-order valence-corrected chi connectivity index (χ2v) is 5.17. The van der Waals surface area contributed by atoms with Gasteiger partial charge in [-0.15, -0.1) is 0 Å². The predicted molar refractivity (Wildman–Crippen MR) is 71.3 cm³/mol. The number of hydrogen-bond acceptors (Lipinski definition) is 3. The quantitative estimate of drug-likeness (QED) is 0.711. The Morgan fingerprint density at radius 1 is 1.44 bits per heavy atom. The molecule has 1 amide bonds. The third-order valence-corrected chi connectivity index (χ3v) is 3.74. The Morgan fingerprint density at radius 2 is 2.11 bits per heavy atom. The number of nitrogens with one attached hydrogen (secondary N) is 1. The SMILES string of the molecule is Cc1cc(N)ccc1C(=O)NC1(CO)CCCC1. The first-order chi connectivity index (χ1) is 8.56. The summed E-state index contributed by atoms with van der Waals surface area (Å²) in [5.74, 6) is -0.122. The molecule has 0 bridgehead atoms. The Hall–Kier alpha value is -1.55. The van der Waals surface area contributed by atoms with Gasteiger partial charge in [0.25, 0.3) is 5.91 Å². The molecule has 98 valence electrons. The molecule has 1 fully saturated rings. The van der Waals surface area contributed by atoms with Crippen LogP contribution < -0.4 is 11.1 Å². The average molecular weight is 248 g/mol. The van der Waals surface area contributed by atoms with Crippen molar-refractivity contribution in [2.75, 3.05) is 12.3 Å². The molecule has 18 heavy (non-hydrogen) atoms. The van der Waals surface area contributed by atoms with E-state index < -0.39 is 5.54 Å². The Morgan fingerprint density at radius 3 is 2.67 bits per heavy atom. The van der Waals surface area contributed by atoms with E-state index in [4.69, 9.17) is 5.73 Å². The van der Waals surface area contributed by atoms with Crippen LogP contribution in [-0.4, -0.2) is 23.2 Å². The van der Waals surface area contributed by atoms with Gasteiger partial charge in [0.05, 0.1) is 12.1 Å². The zero-order chi connectivity index (χ0) is 13.2. The summed E-state index contributed by atoms with van der Waals surface area (Å²) in [4.78, 5) is 12.2. The maximum absolute atomic E-state index is 12.2. The molecule has 4 heteroatoms. The maximum Gasteiger partial charge on any atom is 0.252 e. The molecular formula is C14H20N2O2. The van der Waals surface area contributed by atoms with E-state index >= 15 is 0 Å².